The molecule has 0 saturated carbocycles. The lowest BCUT2D eigenvalue weighted by molar-refractivity contribution is -0.384. The molecular weight excluding hydrogens is 262 g/mol. The first-order valence-electron chi connectivity index (χ1n) is 5.93. The number of non-ortho nitro benzene ring substituents is 1. The minimum atomic E-state index is -0.455. The third kappa shape index (κ3) is 3.37. The molecule has 104 valence electrons. The van der Waals surface area contributed by atoms with Crippen LogP contribution in [0, 0.1) is 10.1 Å². The maximum absolute atomic E-state index is 11.7. The number of nitro benzene ring substituents is 1. The highest BCUT2D eigenvalue weighted by atomic mass is 16.6. The minimum absolute atomic E-state index is 0.0243. The number of nitro groups is 1. The van der Waals surface area contributed by atoms with Crippen LogP contribution in [0.15, 0.2) is 30.6 Å². The number of carbonyl (C=O) groups is 1. The topological polar surface area (TPSA) is 103 Å². The van der Waals surface area contributed by atoms with E-state index >= 15 is 0 Å². The number of amides is 1. The smallest absolute Gasteiger partial charge is 0.269 e. The van der Waals surface area contributed by atoms with E-state index in [0.29, 0.717) is 12.4 Å². The zero-order chi connectivity index (χ0) is 14.5. The summed E-state index contributed by atoms with van der Waals surface area (Å²) in [7, 11) is 1.67. The van der Waals surface area contributed by atoms with Gasteiger partial charge in [-0.05, 0) is 12.0 Å². The highest BCUT2D eigenvalue weighted by Gasteiger charge is 2.09. The normalized spacial score (nSPS) is 10.2. The molecule has 20 heavy (non-hydrogen) atoms. The van der Waals surface area contributed by atoms with E-state index < -0.39 is 4.92 Å². The summed E-state index contributed by atoms with van der Waals surface area (Å²) in [5, 5.41) is 17.1. The van der Waals surface area contributed by atoms with E-state index in [4.69, 9.17) is 0 Å². The largest absolute Gasteiger partial charge is 0.295 e. The second-order valence-electron chi connectivity index (χ2n) is 4.18. The Balaban J connectivity index is 1.92. The molecule has 1 amide bonds. The van der Waals surface area contributed by atoms with Gasteiger partial charge in [-0.1, -0.05) is 12.1 Å². The van der Waals surface area contributed by atoms with Gasteiger partial charge in [-0.3, -0.25) is 20.2 Å². The molecule has 2 rings (SSSR count). The summed E-state index contributed by atoms with van der Waals surface area (Å²) in [5.74, 6) is 0.154. The van der Waals surface area contributed by atoms with Gasteiger partial charge in [-0.2, -0.15) is 10.1 Å². The average molecular weight is 275 g/mol. The van der Waals surface area contributed by atoms with Gasteiger partial charge in [0.15, 0.2) is 0 Å². The quantitative estimate of drug-likeness (QED) is 0.654. The van der Waals surface area contributed by atoms with Crippen molar-refractivity contribution in [3.05, 3.63) is 46.3 Å². The standard InChI is InChI=1S/C12H13N5O3/c1-16-12(13-8-14-16)15-11(18)6-5-9-3-2-4-10(7-9)17(19)20/h2-4,7-8H,5-6H2,1H3,(H,13,14,15,18). The molecule has 1 aromatic carbocycles. The molecule has 1 aromatic heterocycles. The third-order valence-electron chi connectivity index (χ3n) is 2.72. The number of benzene rings is 1. The molecule has 0 spiro atoms. The molecule has 1 N–H and O–H groups in total. The number of nitrogens with zero attached hydrogens (tertiary/aromatic N) is 4. The Kier molecular flexibility index (Phi) is 4.04. The predicted molar refractivity (Wildman–Crippen MR) is 71.1 cm³/mol. The Labute approximate surface area is 114 Å². The van der Waals surface area contributed by atoms with Crippen molar-refractivity contribution in [2.45, 2.75) is 12.8 Å². The number of aromatic nitrogens is 3. The van der Waals surface area contributed by atoms with Crippen LogP contribution in [0.4, 0.5) is 11.6 Å². The van der Waals surface area contributed by atoms with Gasteiger partial charge in [-0.25, -0.2) is 4.68 Å². The molecule has 0 aliphatic heterocycles. The van der Waals surface area contributed by atoms with E-state index in [9.17, 15) is 14.9 Å². The predicted octanol–water partition coefficient (Wildman–Crippen LogP) is 1.29. The van der Waals surface area contributed by atoms with Crippen molar-refractivity contribution < 1.29 is 9.72 Å². The van der Waals surface area contributed by atoms with Gasteiger partial charge in [0.1, 0.15) is 6.33 Å². The van der Waals surface area contributed by atoms with Gasteiger partial charge >= 0.3 is 0 Å². The van der Waals surface area contributed by atoms with Gasteiger partial charge < -0.3 is 0 Å². The summed E-state index contributed by atoms with van der Waals surface area (Å²) in [4.78, 5) is 25.8. The maximum atomic E-state index is 11.7. The SMILES string of the molecule is Cn1ncnc1NC(=O)CCc1cccc([N+](=O)[O-])c1. The lowest BCUT2D eigenvalue weighted by Gasteiger charge is -2.04. The Morgan fingerprint density at radius 3 is 2.95 bits per heavy atom. The first-order valence-corrected chi connectivity index (χ1v) is 5.93. The van der Waals surface area contributed by atoms with Gasteiger partial charge in [-0.15, -0.1) is 0 Å². The van der Waals surface area contributed by atoms with Crippen LogP contribution in [-0.2, 0) is 18.3 Å². The minimum Gasteiger partial charge on any atom is -0.295 e. The fraction of sp³-hybridized carbons (Fsp3) is 0.250. The monoisotopic (exact) mass is 275 g/mol. The van der Waals surface area contributed by atoms with Gasteiger partial charge in [0.2, 0.25) is 11.9 Å². The second kappa shape index (κ2) is 5.91. The van der Waals surface area contributed by atoms with Gasteiger partial charge in [0, 0.05) is 25.6 Å². The summed E-state index contributed by atoms with van der Waals surface area (Å²) in [5.41, 5.74) is 0.767. The van der Waals surface area contributed by atoms with E-state index in [1.54, 1.807) is 19.2 Å². The molecular formula is C12H13N5O3. The van der Waals surface area contributed by atoms with Crippen molar-refractivity contribution >= 4 is 17.5 Å². The molecule has 1 heterocycles. The second-order valence-corrected chi connectivity index (χ2v) is 4.18. The Hall–Kier alpha value is -2.77. The van der Waals surface area contributed by atoms with Crippen molar-refractivity contribution in [3.63, 3.8) is 0 Å². The van der Waals surface area contributed by atoms with Gasteiger partial charge in [0.05, 0.1) is 4.92 Å². The van der Waals surface area contributed by atoms with Crippen LogP contribution in [0.2, 0.25) is 0 Å². The molecule has 0 aliphatic carbocycles. The summed E-state index contributed by atoms with van der Waals surface area (Å²) >= 11 is 0. The van der Waals surface area contributed by atoms with Crippen LogP contribution in [-0.4, -0.2) is 25.6 Å². The number of hydrogen-bond acceptors (Lipinski definition) is 5. The Morgan fingerprint density at radius 1 is 1.50 bits per heavy atom. The molecule has 0 aliphatic rings. The van der Waals surface area contributed by atoms with Crippen molar-refractivity contribution in [1.82, 2.24) is 14.8 Å². The van der Waals surface area contributed by atoms with Crippen LogP contribution in [0.3, 0.4) is 0 Å². The summed E-state index contributed by atoms with van der Waals surface area (Å²) < 4.78 is 1.45. The van der Waals surface area contributed by atoms with Crippen LogP contribution in [0.5, 0.6) is 0 Å². The molecule has 0 bridgehead atoms. The molecule has 0 unspecified atom stereocenters. The first kappa shape index (κ1) is 13.7. The molecule has 0 fully saturated rings. The highest BCUT2D eigenvalue weighted by molar-refractivity contribution is 5.89. The van der Waals surface area contributed by atoms with Crippen LogP contribution in [0.25, 0.3) is 0 Å². The Bertz CT molecular complexity index is 638. The fourth-order valence-corrected chi connectivity index (χ4v) is 1.68. The number of hydrogen-bond donors (Lipinski definition) is 1. The third-order valence-corrected chi connectivity index (χ3v) is 2.72. The Morgan fingerprint density at radius 2 is 2.30 bits per heavy atom. The molecule has 8 nitrogen and oxygen atoms in total. The van der Waals surface area contributed by atoms with Crippen molar-refractivity contribution in [2.24, 2.45) is 7.05 Å². The van der Waals surface area contributed by atoms with Crippen molar-refractivity contribution in [1.29, 1.82) is 0 Å². The van der Waals surface area contributed by atoms with E-state index in [0.717, 1.165) is 5.56 Å². The molecule has 0 atom stereocenters. The van der Waals surface area contributed by atoms with Crippen LogP contribution < -0.4 is 5.32 Å². The van der Waals surface area contributed by atoms with E-state index in [2.05, 4.69) is 15.4 Å². The number of rotatable bonds is 5. The average Bonchev–Trinajstić information content (AvgIpc) is 2.82. The number of nitrogens with one attached hydrogen (secondary N) is 1. The van der Waals surface area contributed by atoms with Crippen molar-refractivity contribution in [3.8, 4) is 0 Å². The van der Waals surface area contributed by atoms with E-state index in [-0.39, 0.29) is 18.0 Å². The molecule has 0 saturated heterocycles. The molecule has 8 heteroatoms. The highest BCUT2D eigenvalue weighted by Crippen LogP contribution is 2.14. The summed E-state index contributed by atoms with van der Waals surface area (Å²) in [6.45, 7) is 0. The summed E-state index contributed by atoms with van der Waals surface area (Å²) in [6, 6.07) is 6.25. The first-order chi connectivity index (χ1) is 9.56. The van der Waals surface area contributed by atoms with Crippen LogP contribution in [0.1, 0.15) is 12.0 Å². The van der Waals surface area contributed by atoms with E-state index in [1.807, 2.05) is 0 Å². The number of anilines is 1. The van der Waals surface area contributed by atoms with Crippen LogP contribution >= 0.6 is 0 Å². The zero-order valence-electron chi connectivity index (χ0n) is 10.8. The number of carbonyl (C=O) groups excluding carboxylic acids is 1. The maximum Gasteiger partial charge on any atom is 0.269 e. The van der Waals surface area contributed by atoms with Crippen molar-refractivity contribution in [2.75, 3.05) is 5.32 Å². The van der Waals surface area contributed by atoms with Gasteiger partial charge in [0.25, 0.3) is 5.69 Å². The molecule has 2 aromatic rings. The zero-order valence-corrected chi connectivity index (χ0v) is 10.8. The lowest BCUT2D eigenvalue weighted by atomic mass is 10.1. The van der Waals surface area contributed by atoms with E-state index in [1.165, 1.54) is 23.1 Å². The fourth-order valence-electron chi connectivity index (χ4n) is 1.68. The lowest BCUT2D eigenvalue weighted by Crippen LogP contribution is -2.15. The number of aryl methyl sites for hydroxylation is 2. The summed E-state index contributed by atoms with van der Waals surface area (Å²) in [6.07, 6.45) is 1.98. The molecule has 0 radical (unpaired) electrons.